The molecule has 3 nitrogen and oxygen atoms in total. The van der Waals surface area contributed by atoms with Crippen LogP contribution in [0.15, 0.2) is 18.2 Å². The van der Waals surface area contributed by atoms with Gasteiger partial charge < -0.3 is 10.2 Å². The summed E-state index contributed by atoms with van der Waals surface area (Å²) in [6.45, 7) is 1.76. The minimum absolute atomic E-state index is 0.293. The number of aryl methyl sites for hydroxylation is 1. The molecule has 1 atom stereocenters. The van der Waals surface area contributed by atoms with Crippen LogP contribution >= 0.6 is 0 Å². The van der Waals surface area contributed by atoms with Crippen molar-refractivity contribution in [3.8, 4) is 0 Å². The van der Waals surface area contributed by atoms with Gasteiger partial charge in [-0.05, 0) is 43.0 Å². The number of carbonyl (C=O) groups is 1. The second-order valence-electron chi connectivity index (χ2n) is 3.95. The average molecular weight is 192 g/mol. The molecule has 14 heavy (non-hydrogen) atoms. The number of rotatable bonds is 1. The van der Waals surface area contributed by atoms with E-state index in [9.17, 15) is 9.90 Å². The molecule has 0 radical (unpaired) electrons. The van der Waals surface area contributed by atoms with E-state index < -0.39 is 11.6 Å². The number of benzene rings is 1. The Kier molecular flexibility index (Phi) is 1.86. The van der Waals surface area contributed by atoms with Crippen LogP contribution in [0.2, 0.25) is 0 Å². The molecule has 3 heteroatoms. The van der Waals surface area contributed by atoms with Gasteiger partial charge in [0.1, 0.15) is 0 Å². The smallest absolute Gasteiger partial charge is 0.335 e. The Hall–Kier alpha value is -1.35. The van der Waals surface area contributed by atoms with Gasteiger partial charge in [0, 0.05) is 0 Å². The molecule has 2 N–H and O–H groups in total. The van der Waals surface area contributed by atoms with Crippen molar-refractivity contribution in [2.45, 2.75) is 25.4 Å². The molecule has 1 aromatic rings. The van der Waals surface area contributed by atoms with Crippen molar-refractivity contribution < 1.29 is 15.0 Å². The normalized spacial score (nSPS) is 24.7. The predicted octanol–water partition coefficient (Wildman–Crippen LogP) is 1.54. The van der Waals surface area contributed by atoms with Crippen molar-refractivity contribution in [1.29, 1.82) is 0 Å². The van der Waals surface area contributed by atoms with Crippen molar-refractivity contribution in [3.63, 3.8) is 0 Å². The standard InChI is InChI=1S/C11H12O3/c1-11(14)5-4-7-6-8(10(12)13)2-3-9(7)11/h2-3,6,14H,4-5H2,1H3,(H,12,13)/t11-/m1/s1. The summed E-state index contributed by atoms with van der Waals surface area (Å²) < 4.78 is 0. The van der Waals surface area contributed by atoms with E-state index in [1.54, 1.807) is 25.1 Å². The molecule has 1 aliphatic carbocycles. The molecule has 0 bridgehead atoms. The summed E-state index contributed by atoms with van der Waals surface area (Å²) >= 11 is 0. The first-order chi connectivity index (χ1) is 6.50. The van der Waals surface area contributed by atoms with Gasteiger partial charge in [0.25, 0.3) is 0 Å². The third kappa shape index (κ3) is 1.30. The predicted molar refractivity (Wildman–Crippen MR) is 51.3 cm³/mol. The van der Waals surface area contributed by atoms with Crippen molar-refractivity contribution in [3.05, 3.63) is 34.9 Å². The largest absolute Gasteiger partial charge is 0.478 e. The van der Waals surface area contributed by atoms with Gasteiger partial charge in [0.05, 0.1) is 11.2 Å². The van der Waals surface area contributed by atoms with Crippen LogP contribution in [0, 0.1) is 0 Å². The number of fused-ring (bicyclic) bond motifs is 1. The maximum Gasteiger partial charge on any atom is 0.335 e. The van der Waals surface area contributed by atoms with Crippen molar-refractivity contribution in [2.24, 2.45) is 0 Å². The SMILES string of the molecule is C[C@@]1(O)CCc2cc(C(=O)O)ccc21. The van der Waals surface area contributed by atoms with Gasteiger partial charge in [-0.1, -0.05) is 6.07 Å². The van der Waals surface area contributed by atoms with Crippen molar-refractivity contribution in [1.82, 2.24) is 0 Å². The average Bonchev–Trinajstić information content (AvgIpc) is 2.42. The Bertz CT molecular complexity index is 394. The summed E-state index contributed by atoms with van der Waals surface area (Å²) in [7, 11) is 0. The van der Waals surface area contributed by atoms with Crippen LogP contribution in [-0.2, 0) is 12.0 Å². The molecular formula is C11H12O3. The molecule has 0 saturated carbocycles. The Morgan fingerprint density at radius 1 is 1.50 bits per heavy atom. The minimum atomic E-state index is -0.917. The molecule has 1 aromatic carbocycles. The summed E-state index contributed by atoms with van der Waals surface area (Å²) in [5.74, 6) is -0.917. The summed E-state index contributed by atoms with van der Waals surface area (Å²) in [4.78, 5) is 10.7. The van der Waals surface area contributed by atoms with Gasteiger partial charge >= 0.3 is 5.97 Å². The summed E-state index contributed by atoms with van der Waals surface area (Å²) in [5, 5.41) is 18.7. The maximum absolute atomic E-state index is 10.7. The second kappa shape index (κ2) is 2.82. The molecule has 0 saturated heterocycles. The number of aliphatic hydroxyl groups is 1. The van der Waals surface area contributed by atoms with E-state index in [1.165, 1.54) is 0 Å². The lowest BCUT2D eigenvalue weighted by molar-refractivity contribution is 0.0592. The van der Waals surface area contributed by atoms with Gasteiger partial charge in [0.2, 0.25) is 0 Å². The highest BCUT2D eigenvalue weighted by Gasteiger charge is 2.31. The third-order valence-corrected chi connectivity index (χ3v) is 2.81. The van der Waals surface area contributed by atoms with E-state index in [1.807, 2.05) is 0 Å². The number of hydrogen-bond acceptors (Lipinski definition) is 2. The molecule has 0 unspecified atom stereocenters. The summed E-state index contributed by atoms with van der Waals surface area (Å²) in [6.07, 6.45) is 1.43. The monoisotopic (exact) mass is 192 g/mol. The van der Waals surface area contributed by atoms with Crippen LogP contribution in [0.1, 0.15) is 34.8 Å². The fourth-order valence-electron chi connectivity index (χ4n) is 1.97. The van der Waals surface area contributed by atoms with Gasteiger partial charge in [-0.3, -0.25) is 0 Å². The van der Waals surface area contributed by atoms with Crippen LogP contribution in [0.3, 0.4) is 0 Å². The van der Waals surface area contributed by atoms with Crippen LogP contribution in [0.4, 0.5) is 0 Å². The molecule has 0 fully saturated rings. The maximum atomic E-state index is 10.7. The summed E-state index contributed by atoms with van der Waals surface area (Å²) in [5.41, 5.74) is 1.32. The second-order valence-corrected chi connectivity index (χ2v) is 3.95. The number of carboxylic acids is 1. The Labute approximate surface area is 82.0 Å². The first-order valence-corrected chi connectivity index (χ1v) is 4.60. The van der Waals surface area contributed by atoms with Gasteiger partial charge in [-0.25, -0.2) is 4.79 Å². The fourth-order valence-corrected chi connectivity index (χ4v) is 1.97. The topological polar surface area (TPSA) is 57.5 Å². The molecule has 74 valence electrons. The first-order valence-electron chi connectivity index (χ1n) is 4.60. The van der Waals surface area contributed by atoms with Crippen molar-refractivity contribution in [2.75, 3.05) is 0 Å². The zero-order valence-electron chi connectivity index (χ0n) is 7.95. The van der Waals surface area contributed by atoms with E-state index in [-0.39, 0.29) is 0 Å². The van der Waals surface area contributed by atoms with E-state index in [0.29, 0.717) is 12.0 Å². The quantitative estimate of drug-likeness (QED) is 0.709. The van der Waals surface area contributed by atoms with Crippen LogP contribution in [-0.4, -0.2) is 16.2 Å². The highest BCUT2D eigenvalue weighted by atomic mass is 16.4. The first kappa shape index (κ1) is 9.21. The molecule has 0 spiro atoms. The molecule has 1 aliphatic rings. The third-order valence-electron chi connectivity index (χ3n) is 2.81. The highest BCUT2D eigenvalue weighted by Crippen LogP contribution is 2.36. The zero-order valence-corrected chi connectivity index (χ0v) is 7.95. The van der Waals surface area contributed by atoms with E-state index in [4.69, 9.17) is 5.11 Å². The lowest BCUT2D eigenvalue weighted by atomic mass is 9.97. The van der Waals surface area contributed by atoms with E-state index in [2.05, 4.69) is 0 Å². The molecule has 0 aliphatic heterocycles. The van der Waals surface area contributed by atoms with Crippen LogP contribution in [0.25, 0.3) is 0 Å². The minimum Gasteiger partial charge on any atom is -0.478 e. The lowest BCUT2D eigenvalue weighted by Crippen LogP contribution is -2.16. The Morgan fingerprint density at radius 3 is 2.86 bits per heavy atom. The molecule has 0 amide bonds. The van der Waals surface area contributed by atoms with Gasteiger partial charge in [0.15, 0.2) is 0 Å². The highest BCUT2D eigenvalue weighted by molar-refractivity contribution is 5.88. The van der Waals surface area contributed by atoms with Gasteiger partial charge in [-0.2, -0.15) is 0 Å². The van der Waals surface area contributed by atoms with E-state index in [0.717, 1.165) is 17.5 Å². The van der Waals surface area contributed by atoms with Crippen LogP contribution in [0.5, 0.6) is 0 Å². The number of carboxylic acid groups (broad SMARTS) is 1. The molecule has 0 aromatic heterocycles. The number of hydrogen-bond donors (Lipinski definition) is 2. The Morgan fingerprint density at radius 2 is 2.21 bits per heavy atom. The molecular weight excluding hydrogens is 180 g/mol. The molecule has 0 heterocycles. The lowest BCUT2D eigenvalue weighted by Gasteiger charge is -2.17. The van der Waals surface area contributed by atoms with Crippen molar-refractivity contribution >= 4 is 5.97 Å². The fraction of sp³-hybridized carbons (Fsp3) is 0.364. The van der Waals surface area contributed by atoms with Crippen LogP contribution < -0.4 is 0 Å². The number of aromatic carboxylic acids is 1. The molecule has 2 rings (SSSR count). The summed E-state index contributed by atoms with van der Waals surface area (Å²) in [6, 6.07) is 4.91. The van der Waals surface area contributed by atoms with Gasteiger partial charge in [-0.15, -0.1) is 0 Å². The Balaban J connectivity index is 2.49. The zero-order chi connectivity index (χ0) is 10.3. The van der Waals surface area contributed by atoms with E-state index >= 15 is 0 Å².